The van der Waals surface area contributed by atoms with Gasteiger partial charge in [-0.25, -0.2) is 4.79 Å². The lowest BCUT2D eigenvalue weighted by molar-refractivity contribution is -0.148. The fourth-order valence-electron chi connectivity index (χ4n) is 2.35. The number of carbonyl (C=O) groups is 2. The third-order valence-corrected chi connectivity index (χ3v) is 3.89. The molecule has 0 aliphatic carbocycles. The number of carboxylic acid groups (broad SMARTS) is 1. The number of hydrazine groups is 1. The van der Waals surface area contributed by atoms with Crippen LogP contribution in [0.4, 0.5) is 0 Å². The molecule has 0 bridgehead atoms. The second kappa shape index (κ2) is 11.2. The van der Waals surface area contributed by atoms with Crippen LogP contribution in [0.15, 0.2) is 35.3 Å². The van der Waals surface area contributed by atoms with Crippen molar-refractivity contribution in [1.29, 1.82) is 0 Å². The maximum atomic E-state index is 12.2. The molecule has 1 rings (SSSR count). The number of carbonyl (C=O) groups excluding carboxylic acids is 1. The summed E-state index contributed by atoms with van der Waals surface area (Å²) in [5.41, 5.74) is 21.1. The zero-order valence-electron chi connectivity index (χ0n) is 14.8. The lowest BCUT2D eigenvalue weighted by Crippen LogP contribution is -2.58. The summed E-state index contributed by atoms with van der Waals surface area (Å²) < 4.78 is 0. The van der Waals surface area contributed by atoms with Crippen molar-refractivity contribution in [3.63, 3.8) is 0 Å². The Morgan fingerprint density at radius 2 is 1.81 bits per heavy atom. The summed E-state index contributed by atoms with van der Waals surface area (Å²) in [6, 6.07) is 10.0. The van der Waals surface area contributed by atoms with Gasteiger partial charge < -0.3 is 22.3 Å². The topological polar surface area (TPSA) is 169 Å². The zero-order chi connectivity index (χ0) is 19.4. The van der Waals surface area contributed by atoms with Crippen molar-refractivity contribution >= 4 is 17.7 Å². The van der Waals surface area contributed by atoms with Crippen molar-refractivity contribution in [2.75, 3.05) is 19.6 Å². The number of guanidine groups is 1. The first-order valence-electron chi connectivity index (χ1n) is 8.47. The second-order valence-electron chi connectivity index (χ2n) is 5.98. The van der Waals surface area contributed by atoms with E-state index in [9.17, 15) is 14.7 Å². The van der Waals surface area contributed by atoms with E-state index in [2.05, 4.69) is 28.0 Å². The number of aryl methyl sites for hydroxylation is 1. The summed E-state index contributed by atoms with van der Waals surface area (Å²) in [5.74, 6) is -2.06. The van der Waals surface area contributed by atoms with Crippen LogP contribution in [-0.4, -0.2) is 48.0 Å². The molecule has 0 amide bonds. The van der Waals surface area contributed by atoms with Crippen LogP contribution in [0.2, 0.25) is 0 Å². The van der Waals surface area contributed by atoms with E-state index in [1.54, 1.807) is 0 Å². The molecule has 0 saturated heterocycles. The Labute approximate surface area is 153 Å². The van der Waals surface area contributed by atoms with Gasteiger partial charge in [-0.1, -0.05) is 30.3 Å². The van der Waals surface area contributed by atoms with Gasteiger partial charge in [0.1, 0.15) is 0 Å². The molecule has 9 nitrogen and oxygen atoms in total. The number of Topliss-reactive ketones (excluding diaryl/α,β-unsaturated/α-hetero) is 1. The van der Waals surface area contributed by atoms with Crippen molar-refractivity contribution < 1.29 is 14.7 Å². The quantitative estimate of drug-likeness (QED) is 0.0861. The van der Waals surface area contributed by atoms with Crippen LogP contribution >= 0.6 is 0 Å². The molecule has 0 radical (unpaired) electrons. The summed E-state index contributed by atoms with van der Waals surface area (Å²) in [5, 5.41) is 9.30. The van der Waals surface area contributed by atoms with E-state index in [0.717, 1.165) is 12.8 Å². The Kier molecular flexibility index (Phi) is 9.27. The fraction of sp³-hybridized carbons (Fsp3) is 0.471. The number of benzene rings is 1. The van der Waals surface area contributed by atoms with E-state index in [0.29, 0.717) is 6.54 Å². The highest BCUT2D eigenvalue weighted by atomic mass is 16.4. The number of hydrogen-bond donors (Lipinski definition) is 6. The average molecular weight is 364 g/mol. The minimum Gasteiger partial charge on any atom is -0.480 e. The van der Waals surface area contributed by atoms with Crippen LogP contribution in [0.25, 0.3) is 0 Å². The molecule has 9 N–H and O–H groups in total. The minimum atomic E-state index is -1.96. The van der Waals surface area contributed by atoms with E-state index in [1.165, 1.54) is 5.56 Å². The molecule has 26 heavy (non-hydrogen) atoms. The Bertz CT molecular complexity index is 604. The van der Waals surface area contributed by atoms with Crippen molar-refractivity contribution in [3.05, 3.63) is 35.9 Å². The molecule has 1 unspecified atom stereocenters. The van der Waals surface area contributed by atoms with Gasteiger partial charge in [-0.2, -0.15) is 0 Å². The summed E-state index contributed by atoms with van der Waals surface area (Å²) >= 11 is 0. The number of nitrogens with one attached hydrogen (secondary N) is 2. The Morgan fingerprint density at radius 1 is 1.12 bits per heavy atom. The first kappa shape index (κ1) is 21.6. The summed E-state index contributed by atoms with van der Waals surface area (Å²) in [6.07, 6.45) is 2.02. The van der Waals surface area contributed by atoms with Gasteiger partial charge in [0.15, 0.2) is 17.3 Å². The Hall–Kier alpha value is -2.49. The van der Waals surface area contributed by atoms with E-state index >= 15 is 0 Å². The van der Waals surface area contributed by atoms with Crippen molar-refractivity contribution in [2.45, 2.75) is 31.2 Å². The highest BCUT2D eigenvalue weighted by Crippen LogP contribution is 2.12. The first-order chi connectivity index (χ1) is 12.4. The van der Waals surface area contributed by atoms with Crippen LogP contribution in [0.3, 0.4) is 0 Å². The minimum absolute atomic E-state index is 0.0480. The summed E-state index contributed by atoms with van der Waals surface area (Å²) in [4.78, 5) is 27.4. The van der Waals surface area contributed by atoms with E-state index in [4.69, 9.17) is 17.2 Å². The van der Waals surface area contributed by atoms with Gasteiger partial charge in [-0.15, -0.1) is 0 Å². The van der Waals surface area contributed by atoms with Crippen LogP contribution < -0.4 is 28.1 Å². The van der Waals surface area contributed by atoms with Gasteiger partial charge in [0.2, 0.25) is 0 Å². The lowest BCUT2D eigenvalue weighted by Gasteiger charge is -2.23. The summed E-state index contributed by atoms with van der Waals surface area (Å²) in [6.45, 7) is 0.667. The molecule has 0 fully saturated rings. The number of hydrogen-bond acceptors (Lipinski definition) is 6. The number of aliphatic carboxylic acids is 1. The van der Waals surface area contributed by atoms with Gasteiger partial charge in [-0.05, 0) is 31.2 Å². The molecule has 1 aromatic carbocycles. The van der Waals surface area contributed by atoms with Gasteiger partial charge in [0.25, 0.3) is 0 Å². The Morgan fingerprint density at radius 3 is 2.42 bits per heavy atom. The largest absolute Gasteiger partial charge is 0.480 e. The predicted molar refractivity (Wildman–Crippen MR) is 100 cm³/mol. The molecule has 0 aliphatic rings. The molecule has 144 valence electrons. The third-order valence-electron chi connectivity index (χ3n) is 3.89. The first-order valence-corrected chi connectivity index (χ1v) is 8.47. The van der Waals surface area contributed by atoms with Crippen LogP contribution in [0, 0.1) is 0 Å². The highest BCUT2D eigenvalue weighted by molar-refractivity contribution is 6.08. The van der Waals surface area contributed by atoms with Gasteiger partial charge >= 0.3 is 5.97 Å². The molecule has 0 aliphatic heterocycles. The predicted octanol–water partition coefficient (Wildman–Crippen LogP) is -0.882. The van der Waals surface area contributed by atoms with Crippen molar-refractivity contribution in [2.24, 2.45) is 22.2 Å². The molecule has 9 heteroatoms. The van der Waals surface area contributed by atoms with Crippen LogP contribution in [-0.2, 0) is 16.0 Å². The van der Waals surface area contributed by atoms with Crippen molar-refractivity contribution in [1.82, 2.24) is 10.9 Å². The van der Waals surface area contributed by atoms with Gasteiger partial charge in [-0.3, -0.25) is 20.6 Å². The molecule has 0 aromatic heterocycles. The number of aliphatic imine (C=N–C) groups is 1. The molecular weight excluding hydrogens is 336 g/mol. The molecular formula is C17H28N6O3. The smallest absolute Gasteiger partial charge is 0.331 e. The Balaban J connectivity index is 2.30. The number of nitrogens with two attached hydrogens (primary N) is 3. The molecule has 0 spiro atoms. The molecule has 1 aromatic rings. The monoisotopic (exact) mass is 364 g/mol. The van der Waals surface area contributed by atoms with E-state index in [1.807, 2.05) is 18.2 Å². The molecule has 0 heterocycles. The number of rotatable bonds is 13. The van der Waals surface area contributed by atoms with E-state index in [-0.39, 0.29) is 31.9 Å². The third kappa shape index (κ3) is 7.60. The maximum Gasteiger partial charge on any atom is 0.331 e. The van der Waals surface area contributed by atoms with Gasteiger partial charge in [0.05, 0.1) is 6.54 Å². The molecule has 1 atom stereocenters. The zero-order valence-corrected chi connectivity index (χ0v) is 14.8. The van der Waals surface area contributed by atoms with Crippen molar-refractivity contribution in [3.8, 4) is 0 Å². The second-order valence-corrected chi connectivity index (χ2v) is 5.98. The molecule has 0 saturated carbocycles. The van der Waals surface area contributed by atoms with Gasteiger partial charge in [0, 0.05) is 13.1 Å². The lowest BCUT2D eigenvalue weighted by atomic mass is 9.89. The number of carboxylic acids is 1. The van der Waals surface area contributed by atoms with Crippen LogP contribution in [0.5, 0.6) is 0 Å². The average Bonchev–Trinajstić information content (AvgIpc) is 2.61. The highest BCUT2D eigenvalue weighted by Gasteiger charge is 2.40. The maximum absolute atomic E-state index is 12.2. The number of nitrogens with zero attached hydrogens (tertiary/aromatic N) is 1. The normalized spacial score (nSPS) is 13.0. The standard InChI is InChI=1S/C17H28N6O3/c18-16(19)21-10-5-9-17(20,15(25)26)14(24)12-23-22-11-4-8-13-6-2-1-3-7-13/h1-3,6-7,22-23H,4-5,8-12,20H2,(H,25,26)(H4,18,19,21). The number of ketones is 1. The summed E-state index contributed by atoms with van der Waals surface area (Å²) in [7, 11) is 0. The van der Waals surface area contributed by atoms with E-state index < -0.39 is 17.3 Å². The van der Waals surface area contributed by atoms with Crippen LogP contribution in [0.1, 0.15) is 24.8 Å². The fourth-order valence-corrected chi connectivity index (χ4v) is 2.35. The SMILES string of the molecule is NC(N)=NCCCC(N)(C(=O)O)C(=O)CNNCCCc1ccccc1.